The molecule has 0 aliphatic carbocycles. The van der Waals surface area contributed by atoms with Crippen molar-refractivity contribution in [3.8, 4) is 11.5 Å². The Kier molecular flexibility index (Phi) is 3.28. The van der Waals surface area contributed by atoms with Gasteiger partial charge in [0.25, 0.3) is 0 Å². The second-order valence-electron chi connectivity index (χ2n) is 4.74. The molecule has 0 saturated heterocycles. The lowest BCUT2D eigenvalue weighted by atomic mass is 10.1. The summed E-state index contributed by atoms with van der Waals surface area (Å²) in [5, 5.41) is 10.1. The maximum Gasteiger partial charge on any atom is 0.340 e. The minimum Gasteiger partial charge on any atom is -0.478 e. The summed E-state index contributed by atoms with van der Waals surface area (Å²) in [6.07, 6.45) is 1.45. The van der Waals surface area contributed by atoms with Crippen molar-refractivity contribution in [1.29, 1.82) is 0 Å². The van der Waals surface area contributed by atoms with Crippen LogP contribution in [0.3, 0.4) is 0 Å². The minimum atomic E-state index is -1.03. The predicted molar refractivity (Wildman–Crippen MR) is 80.0 cm³/mol. The molecule has 1 N–H and O–H groups in total. The van der Waals surface area contributed by atoms with Crippen LogP contribution in [0.1, 0.15) is 15.9 Å². The van der Waals surface area contributed by atoms with Crippen LogP contribution in [-0.2, 0) is 0 Å². The van der Waals surface area contributed by atoms with Gasteiger partial charge in [0.2, 0.25) is 0 Å². The van der Waals surface area contributed by atoms with Crippen LogP contribution in [-0.4, -0.2) is 16.1 Å². The van der Waals surface area contributed by atoms with E-state index in [1.165, 1.54) is 6.20 Å². The molecule has 0 atom stereocenters. The Morgan fingerprint density at radius 2 is 1.95 bits per heavy atom. The van der Waals surface area contributed by atoms with Crippen LogP contribution in [0, 0.1) is 6.92 Å². The summed E-state index contributed by atoms with van der Waals surface area (Å²) in [7, 11) is 0. The Bertz CT molecular complexity index is 827. The Morgan fingerprint density at radius 3 is 2.71 bits per heavy atom. The topological polar surface area (TPSA) is 59.4 Å². The highest BCUT2D eigenvalue weighted by atomic mass is 16.5. The van der Waals surface area contributed by atoms with Gasteiger partial charge < -0.3 is 9.84 Å². The molecule has 104 valence electrons. The Balaban J connectivity index is 2.14. The third kappa shape index (κ3) is 2.56. The molecule has 0 amide bonds. The number of hydrogen-bond donors (Lipinski definition) is 1. The summed E-state index contributed by atoms with van der Waals surface area (Å²) >= 11 is 0. The number of benzene rings is 2. The van der Waals surface area contributed by atoms with Gasteiger partial charge in [-0.1, -0.05) is 30.3 Å². The van der Waals surface area contributed by atoms with Crippen molar-refractivity contribution in [2.24, 2.45) is 0 Å². The van der Waals surface area contributed by atoms with E-state index >= 15 is 0 Å². The number of rotatable bonds is 3. The van der Waals surface area contributed by atoms with Crippen molar-refractivity contribution in [1.82, 2.24) is 4.98 Å². The van der Waals surface area contributed by atoms with Crippen molar-refractivity contribution in [3.63, 3.8) is 0 Å². The first-order chi connectivity index (χ1) is 10.1. The van der Waals surface area contributed by atoms with E-state index in [0.29, 0.717) is 16.7 Å². The second kappa shape index (κ2) is 5.25. The Morgan fingerprint density at radius 1 is 1.14 bits per heavy atom. The quantitative estimate of drug-likeness (QED) is 0.786. The van der Waals surface area contributed by atoms with Gasteiger partial charge >= 0.3 is 5.97 Å². The highest BCUT2D eigenvalue weighted by molar-refractivity contribution is 6.04. The van der Waals surface area contributed by atoms with E-state index < -0.39 is 5.97 Å². The predicted octanol–water partition coefficient (Wildman–Crippen LogP) is 4.03. The fourth-order valence-corrected chi connectivity index (χ4v) is 2.23. The van der Waals surface area contributed by atoms with E-state index in [1.54, 1.807) is 24.3 Å². The maximum atomic E-state index is 11.6. The molecule has 0 unspecified atom stereocenters. The van der Waals surface area contributed by atoms with Gasteiger partial charge in [0.1, 0.15) is 11.3 Å². The van der Waals surface area contributed by atoms with Crippen LogP contribution >= 0.6 is 0 Å². The number of aromatic carboxylic acids is 1. The zero-order chi connectivity index (χ0) is 14.8. The number of aryl methyl sites for hydroxylation is 1. The molecule has 4 nitrogen and oxygen atoms in total. The molecular weight excluding hydrogens is 266 g/mol. The van der Waals surface area contributed by atoms with Gasteiger partial charge in [-0.2, -0.15) is 0 Å². The van der Waals surface area contributed by atoms with Gasteiger partial charge in [-0.25, -0.2) is 4.79 Å². The summed E-state index contributed by atoms with van der Waals surface area (Å²) in [6.45, 7) is 1.95. The van der Waals surface area contributed by atoms with Crippen molar-refractivity contribution in [3.05, 3.63) is 65.9 Å². The zero-order valence-corrected chi connectivity index (χ0v) is 11.4. The molecule has 0 radical (unpaired) electrons. The second-order valence-corrected chi connectivity index (χ2v) is 4.74. The third-order valence-electron chi connectivity index (χ3n) is 3.17. The molecule has 1 heterocycles. The molecular formula is C17H13NO3. The molecule has 4 heteroatoms. The summed E-state index contributed by atoms with van der Waals surface area (Å²) in [5.41, 5.74) is 1.80. The van der Waals surface area contributed by atoms with Crippen LogP contribution in [0.4, 0.5) is 0 Å². The summed E-state index contributed by atoms with van der Waals surface area (Å²) in [4.78, 5) is 15.8. The first-order valence-corrected chi connectivity index (χ1v) is 6.51. The van der Waals surface area contributed by atoms with Crippen LogP contribution in [0.15, 0.2) is 54.7 Å². The van der Waals surface area contributed by atoms with Crippen LogP contribution in [0.25, 0.3) is 10.9 Å². The number of nitrogens with zero attached hydrogens (tertiary/aromatic N) is 1. The number of aromatic nitrogens is 1. The standard InChI is InChI=1S/C17H13NO3/c1-11-5-4-6-12(9-11)21-15-10-18-14-8-3-2-7-13(14)16(15)17(19)20/h2-10H,1H3,(H,19,20). The molecule has 0 aliphatic rings. The SMILES string of the molecule is Cc1cccc(Oc2cnc3ccccc3c2C(=O)O)c1. The van der Waals surface area contributed by atoms with Gasteiger partial charge in [-0.15, -0.1) is 0 Å². The fraction of sp³-hybridized carbons (Fsp3) is 0.0588. The number of ether oxygens (including phenoxy) is 1. The normalized spacial score (nSPS) is 10.5. The largest absolute Gasteiger partial charge is 0.478 e. The van der Waals surface area contributed by atoms with Crippen molar-refractivity contribution in [2.75, 3.05) is 0 Å². The molecule has 1 aromatic heterocycles. The third-order valence-corrected chi connectivity index (χ3v) is 3.17. The number of pyridine rings is 1. The number of carbonyl (C=O) groups is 1. The van der Waals surface area contributed by atoms with Gasteiger partial charge in [-0.3, -0.25) is 4.98 Å². The van der Waals surface area contributed by atoms with Gasteiger partial charge in [0, 0.05) is 5.39 Å². The summed E-state index contributed by atoms with van der Waals surface area (Å²) < 4.78 is 5.72. The van der Waals surface area contributed by atoms with Crippen molar-refractivity contribution < 1.29 is 14.6 Å². The van der Waals surface area contributed by atoms with Gasteiger partial charge in [0.05, 0.1) is 11.7 Å². The monoisotopic (exact) mass is 279 g/mol. The number of para-hydroxylation sites is 1. The lowest BCUT2D eigenvalue weighted by Gasteiger charge is -2.11. The van der Waals surface area contributed by atoms with Gasteiger partial charge in [0.15, 0.2) is 5.75 Å². The van der Waals surface area contributed by atoms with Crippen molar-refractivity contribution in [2.45, 2.75) is 6.92 Å². The molecule has 3 rings (SSSR count). The first-order valence-electron chi connectivity index (χ1n) is 6.51. The lowest BCUT2D eigenvalue weighted by molar-refractivity contribution is 0.0696. The first kappa shape index (κ1) is 13.1. The van der Waals surface area contributed by atoms with Crippen LogP contribution < -0.4 is 4.74 Å². The van der Waals surface area contributed by atoms with Crippen LogP contribution in [0.5, 0.6) is 11.5 Å². The molecule has 21 heavy (non-hydrogen) atoms. The maximum absolute atomic E-state index is 11.6. The number of carboxylic acids is 1. The van der Waals surface area contributed by atoms with Crippen LogP contribution in [0.2, 0.25) is 0 Å². The summed E-state index contributed by atoms with van der Waals surface area (Å²) in [6, 6.07) is 14.6. The average molecular weight is 279 g/mol. The van der Waals surface area contributed by atoms with E-state index in [0.717, 1.165) is 5.56 Å². The van der Waals surface area contributed by atoms with E-state index in [-0.39, 0.29) is 11.3 Å². The lowest BCUT2D eigenvalue weighted by Crippen LogP contribution is -2.02. The molecule has 0 bridgehead atoms. The molecule has 0 spiro atoms. The number of fused-ring (bicyclic) bond motifs is 1. The zero-order valence-electron chi connectivity index (χ0n) is 11.4. The van der Waals surface area contributed by atoms with E-state index in [2.05, 4.69) is 4.98 Å². The minimum absolute atomic E-state index is 0.127. The van der Waals surface area contributed by atoms with Gasteiger partial charge in [-0.05, 0) is 30.7 Å². The Labute approximate surface area is 121 Å². The Hall–Kier alpha value is -2.88. The highest BCUT2D eigenvalue weighted by Crippen LogP contribution is 2.30. The molecule has 2 aromatic carbocycles. The number of carboxylic acid groups (broad SMARTS) is 1. The average Bonchev–Trinajstić information content (AvgIpc) is 2.46. The molecule has 0 fully saturated rings. The molecule has 0 saturated carbocycles. The summed E-state index contributed by atoms with van der Waals surface area (Å²) in [5.74, 6) is -0.197. The molecule has 0 aliphatic heterocycles. The molecule has 3 aromatic rings. The highest BCUT2D eigenvalue weighted by Gasteiger charge is 2.17. The smallest absolute Gasteiger partial charge is 0.340 e. The van der Waals surface area contributed by atoms with E-state index in [9.17, 15) is 9.90 Å². The number of hydrogen-bond acceptors (Lipinski definition) is 3. The van der Waals surface area contributed by atoms with Crippen molar-refractivity contribution >= 4 is 16.9 Å². The fourth-order valence-electron chi connectivity index (χ4n) is 2.23. The van der Waals surface area contributed by atoms with E-state index in [4.69, 9.17) is 4.74 Å². The van der Waals surface area contributed by atoms with E-state index in [1.807, 2.05) is 31.2 Å².